The number of hydrogen-bond acceptors (Lipinski definition) is 4. The van der Waals surface area contributed by atoms with Crippen molar-refractivity contribution in [2.45, 2.75) is 6.92 Å². The van der Waals surface area contributed by atoms with Gasteiger partial charge >= 0.3 is 10.8 Å². The number of aromatic carboxylic acids is 1. The SMILES string of the molecule is Cc1c(C(=O)Nc2ccccc2C(=O)O)sc(=O)n1C. The van der Waals surface area contributed by atoms with Crippen LogP contribution in [0.1, 0.15) is 25.7 Å². The maximum atomic E-state index is 12.1. The van der Waals surface area contributed by atoms with Crippen LogP contribution in [0.4, 0.5) is 5.69 Å². The zero-order valence-corrected chi connectivity index (χ0v) is 11.7. The minimum atomic E-state index is -1.13. The van der Waals surface area contributed by atoms with Gasteiger partial charge < -0.3 is 15.0 Å². The predicted molar refractivity (Wildman–Crippen MR) is 75.7 cm³/mol. The summed E-state index contributed by atoms with van der Waals surface area (Å²) >= 11 is 0.831. The van der Waals surface area contributed by atoms with Crippen molar-refractivity contribution in [1.29, 1.82) is 0 Å². The number of anilines is 1. The van der Waals surface area contributed by atoms with Crippen molar-refractivity contribution in [2.75, 3.05) is 5.32 Å². The topological polar surface area (TPSA) is 88.4 Å². The third-order valence-electron chi connectivity index (χ3n) is 2.91. The number of para-hydroxylation sites is 1. The van der Waals surface area contributed by atoms with E-state index in [9.17, 15) is 14.4 Å². The highest BCUT2D eigenvalue weighted by molar-refractivity contribution is 7.11. The zero-order chi connectivity index (χ0) is 14.9. The Labute approximate surface area is 118 Å². The fourth-order valence-corrected chi connectivity index (χ4v) is 2.56. The molecule has 1 amide bonds. The van der Waals surface area contributed by atoms with Crippen LogP contribution in [0.3, 0.4) is 0 Å². The van der Waals surface area contributed by atoms with Gasteiger partial charge in [0.15, 0.2) is 0 Å². The molecule has 0 saturated heterocycles. The van der Waals surface area contributed by atoms with E-state index in [1.807, 2.05) is 0 Å². The van der Waals surface area contributed by atoms with E-state index in [-0.39, 0.29) is 21.0 Å². The third-order valence-corrected chi connectivity index (χ3v) is 4.04. The highest BCUT2D eigenvalue weighted by atomic mass is 32.1. The molecule has 1 aromatic heterocycles. The van der Waals surface area contributed by atoms with E-state index in [0.717, 1.165) is 11.3 Å². The lowest BCUT2D eigenvalue weighted by Gasteiger charge is -2.07. The second-order valence-corrected chi connectivity index (χ2v) is 5.11. The lowest BCUT2D eigenvalue weighted by molar-refractivity contribution is 0.0698. The van der Waals surface area contributed by atoms with Gasteiger partial charge in [0.2, 0.25) is 0 Å². The van der Waals surface area contributed by atoms with Gasteiger partial charge in [-0.25, -0.2) is 4.79 Å². The van der Waals surface area contributed by atoms with Gasteiger partial charge in [-0.1, -0.05) is 23.5 Å². The first-order valence-electron chi connectivity index (χ1n) is 5.72. The second-order valence-electron chi connectivity index (χ2n) is 4.15. The molecular formula is C13H12N2O4S. The van der Waals surface area contributed by atoms with Gasteiger partial charge in [-0.05, 0) is 19.1 Å². The zero-order valence-electron chi connectivity index (χ0n) is 10.8. The summed E-state index contributed by atoms with van der Waals surface area (Å²) in [5.74, 6) is -1.61. The summed E-state index contributed by atoms with van der Waals surface area (Å²) in [4.78, 5) is 34.7. The Morgan fingerprint density at radius 2 is 1.95 bits per heavy atom. The van der Waals surface area contributed by atoms with Gasteiger partial charge in [0.05, 0.1) is 11.3 Å². The Kier molecular flexibility index (Phi) is 3.71. The monoisotopic (exact) mass is 292 g/mol. The summed E-state index contributed by atoms with van der Waals surface area (Å²) in [6.07, 6.45) is 0. The van der Waals surface area contributed by atoms with Crippen molar-refractivity contribution >= 4 is 28.9 Å². The van der Waals surface area contributed by atoms with E-state index >= 15 is 0 Å². The van der Waals surface area contributed by atoms with Crippen LogP contribution in [0.15, 0.2) is 29.1 Å². The fraction of sp³-hybridized carbons (Fsp3) is 0.154. The molecule has 0 unspecified atom stereocenters. The summed E-state index contributed by atoms with van der Waals surface area (Å²) in [5.41, 5.74) is 0.750. The molecule has 0 fully saturated rings. The first-order valence-corrected chi connectivity index (χ1v) is 6.53. The van der Waals surface area contributed by atoms with Crippen LogP contribution in [0.2, 0.25) is 0 Å². The number of carboxylic acid groups (broad SMARTS) is 1. The molecule has 0 aliphatic rings. The van der Waals surface area contributed by atoms with Crippen LogP contribution in [0.25, 0.3) is 0 Å². The van der Waals surface area contributed by atoms with E-state index < -0.39 is 11.9 Å². The molecule has 0 spiro atoms. The lowest BCUT2D eigenvalue weighted by atomic mass is 10.2. The second kappa shape index (κ2) is 5.30. The standard InChI is InChI=1S/C13H12N2O4S/c1-7-10(20-13(19)15(7)2)11(16)14-9-6-4-3-5-8(9)12(17)18/h3-6H,1-2H3,(H,14,16)(H,17,18). The summed E-state index contributed by atoms with van der Waals surface area (Å²) in [6, 6.07) is 6.11. The number of amides is 1. The van der Waals surface area contributed by atoms with Crippen molar-refractivity contribution < 1.29 is 14.7 Å². The van der Waals surface area contributed by atoms with Crippen LogP contribution in [0, 0.1) is 6.92 Å². The molecular weight excluding hydrogens is 280 g/mol. The molecule has 2 aromatic rings. The van der Waals surface area contributed by atoms with Gasteiger partial charge in [0.1, 0.15) is 4.88 Å². The molecule has 0 aliphatic carbocycles. The number of carbonyl (C=O) groups is 2. The molecule has 0 bridgehead atoms. The molecule has 7 heteroatoms. The molecule has 2 rings (SSSR count). The van der Waals surface area contributed by atoms with Gasteiger partial charge in [0.25, 0.3) is 5.91 Å². The Bertz CT molecular complexity index is 745. The average Bonchev–Trinajstić information content (AvgIpc) is 2.67. The summed E-state index contributed by atoms with van der Waals surface area (Å²) in [5, 5.41) is 11.6. The highest BCUT2D eigenvalue weighted by Crippen LogP contribution is 2.18. The van der Waals surface area contributed by atoms with E-state index in [4.69, 9.17) is 5.11 Å². The molecule has 6 nitrogen and oxygen atoms in total. The van der Waals surface area contributed by atoms with Crippen LogP contribution >= 0.6 is 11.3 Å². The van der Waals surface area contributed by atoms with Crippen LogP contribution in [-0.4, -0.2) is 21.6 Å². The van der Waals surface area contributed by atoms with Crippen LogP contribution in [0.5, 0.6) is 0 Å². The van der Waals surface area contributed by atoms with E-state index in [0.29, 0.717) is 5.69 Å². The largest absolute Gasteiger partial charge is 0.478 e. The number of nitrogens with one attached hydrogen (secondary N) is 1. The normalized spacial score (nSPS) is 10.3. The van der Waals surface area contributed by atoms with Crippen molar-refractivity contribution in [3.05, 3.63) is 50.1 Å². The maximum absolute atomic E-state index is 12.1. The number of aromatic nitrogens is 1. The highest BCUT2D eigenvalue weighted by Gasteiger charge is 2.18. The van der Waals surface area contributed by atoms with Gasteiger partial charge in [-0.3, -0.25) is 9.59 Å². The summed E-state index contributed by atoms with van der Waals surface area (Å²) in [6.45, 7) is 1.66. The Morgan fingerprint density at radius 3 is 2.50 bits per heavy atom. The molecule has 0 radical (unpaired) electrons. The molecule has 104 valence electrons. The van der Waals surface area contributed by atoms with Gasteiger partial charge in [0, 0.05) is 12.7 Å². The number of nitrogens with zero attached hydrogens (tertiary/aromatic N) is 1. The predicted octanol–water partition coefficient (Wildman–Crippen LogP) is 1.71. The Balaban J connectivity index is 2.35. The summed E-state index contributed by atoms with van der Waals surface area (Å²) < 4.78 is 1.38. The first kappa shape index (κ1) is 14.0. The van der Waals surface area contributed by atoms with Gasteiger partial charge in [-0.2, -0.15) is 0 Å². The van der Waals surface area contributed by atoms with Crippen molar-refractivity contribution in [3.63, 3.8) is 0 Å². The molecule has 0 atom stereocenters. The third kappa shape index (κ3) is 2.48. The molecule has 0 saturated carbocycles. The lowest BCUT2D eigenvalue weighted by Crippen LogP contribution is -2.15. The average molecular weight is 292 g/mol. The molecule has 1 heterocycles. The van der Waals surface area contributed by atoms with Crippen LogP contribution < -0.4 is 10.2 Å². The van der Waals surface area contributed by atoms with Crippen molar-refractivity contribution in [2.24, 2.45) is 7.05 Å². The number of thiazole rings is 1. The number of rotatable bonds is 3. The van der Waals surface area contributed by atoms with E-state index in [2.05, 4.69) is 5.32 Å². The summed E-state index contributed by atoms with van der Waals surface area (Å²) in [7, 11) is 1.58. The number of benzene rings is 1. The minimum Gasteiger partial charge on any atom is -0.478 e. The fourth-order valence-electron chi connectivity index (χ4n) is 1.69. The number of hydrogen-bond donors (Lipinski definition) is 2. The Hall–Kier alpha value is -2.41. The van der Waals surface area contributed by atoms with E-state index in [1.165, 1.54) is 16.7 Å². The minimum absolute atomic E-state index is 0.00165. The molecule has 20 heavy (non-hydrogen) atoms. The molecule has 2 N–H and O–H groups in total. The smallest absolute Gasteiger partial charge is 0.337 e. The Morgan fingerprint density at radius 1 is 1.30 bits per heavy atom. The molecule has 0 aliphatic heterocycles. The number of carboxylic acids is 1. The van der Waals surface area contributed by atoms with Crippen molar-refractivity contribution in [3.8, 4) is 0 Å². The van der Waals surface area contributed by atoms with Crippen LogP contribution in [-0.2, 0) is 7.05 Å². The van der Waals surface area contributed by atoms with Crippen molar-refractivity contribution in [1.82, 2.24) is 4.57 Å². The van der Waals surface area contributed by atoms with E-state index in [1.54, 1.807) is 26.1 Å². The maximum Gasteiger partial charge on any atom is 0.337 e. The first-order chi connectivity index (χ1) is 9.41. The van der Waals surface area contributed by atoms with Gasteiger partial charge in [-0.15, -0.1) is 0 Å². The molecule has 1 aromatic carbocycles. The number of carbonyl (C=O) groups excluding carboxylic acids is 1. The quantitative estimate of drug-likeness (QED) is 0.901.